The third-order valence-electron chi connectivity index (χ3n) is 4.44. The standard InChI is InChI=1S/C20H30O4SSi/c1-8-23-19(25)14-16(21)11-9-15-10-12-17(18(13-15)22-5)24-26(6,7)20(2,3)4/h9-13H,8,14H2,1-7H3/b11-9+. The van der Waals surface area contributed by atoms with Gasteiger partial charge in [-0.15, -0.1) is 0 Å². The van der Waals surface area contributed by atoms with Gasteiger partial charge in [0, 0.05) is 0 Å². The molecular weight excluding hydrogens is 364 g/mol. The maximum absolute atomic E-state index is 11.9. The molecule has 144 valence electrons. The Balaban J connectivity index is 2.90. The molecule has 0 heterocycles. The molecule has 0 spiro atoms. The normalized spacial score (nSPS) is 12.1. The number of carbonyl (C=O) groups is 1. The SMILES string of the molecule is CCOC(=S)CC(=O)/C=C/c1ccc(O[Si](C)(C)C(C)(C)C)c(OC)c1. The van der Waals surface area contributed by atoms with Crippen molar-refractivity contribution in [3.05, 3.63) is 29.8 Å². The van der Waals surface area contributed by atoms with Gasteiger partial charge >= 0.3 is 0 Å². The Morgan fingerprint density at radius 2 is 1.88 bits per heavy atom. The molecule has 0 bridgehead atoms. The Bertz CT molecular complexity index is 675. The van der Waals surface area contributed by atoms with Crippen LogP contribution in [0.25, 0.3) is 6.08 Å². The van der Waals surface area contributed by atoms with Crippen molar-refractivity contribution >= 4 is 37.4 Å². The molecule has 0 aromatic heterocycles. The molecule has 6 heteroatoms. The van der Waals surface area contributed by atoms with Gasteiger partial charge in [-0.2, -0.15) is 0 Å². The zero-order valence-electron chi connectivity index (χ0n) is 16.8. The maximum Gasteiger partial charge on any atom is 0.250 e. The van der Waals surface area contributed by atoms with E-state index in [4.69, 9.17) is 26.1 Å². The minimum atomic E-state index is -1.95. The van der Waals surface area contributed by atoms with Crippen LogP contribution in [0.5, 0.6) is 11.5 Å². The summed E-state index contributed by atoms with van der Waals surface area (Å²) in [4.78, 5) is 11.9. The van der Waals surface area contributed by atoms with E-state index >= 15 is 0 Å². The summed E-state index contributed by atoms with van der Waals surface area (Å²) in [5, 5.41) is 0.417. The maximum atomic E-state index is 11.9. The molecule has 1 aromatic carbocycles. The molecule has 0 N–H and O–H groups in total. The number of benzene rings is 1. The van der Waals surface area contributed by atoms with E-state index in [1.807, 2.05) is 25.1 Å². The second kappa shape index (κ2) is 9.32. The van der Waals surface area contributed by atoms with Crippen LogP contribution < -0.4 is 9.16 Å². The topological polar surface area (TPSA) is 44.8 Å². The van der Waals surface area contributed by atoms with Gasteiger partial charge in [-0.3, -0.25) is 4.79 Å². The number of thiocarbonyl (C=S) groups is 1. The van der Waals surface area contributed by atoms with Crippen molar-refractivity contribution in [2.45, 2.75) is 52.2 Å². The fourth-order valence-corrected chi connectivity index (χ4v) is 3.19. The highest BCUT2D eigenvalue weighted by Gasteiger charge is 2.39. The molecule has 0 aliphatic heterocycles. The van der Waals surface area contributed by atoms with Crippen LogP contribution in [0.1, 0.15) is 39.7 Å². The van der Waals surface area contributed by atoms with Crippen molar-refractivity contribution in [1.29, 1.82) is 0 Å². The van der Waals surface area contributed by atoms with E-state index in [0.717, 1.165) is 11.3 Å². The van der Waals surface area contributed by atoms with Gasteiger partial charge in [0.25, 0.3) is 8.32 Å². The molecule has 4 nitrogen and oxygen atoms in total. The first-order valence-corrected chi connectivity index (χ1v) is 12.1. The number of allylic oxidation sites excluding steroid dienone is 1. The van der Waals surface area contributed by atoms with Crippen LogP contribution in [0.4, 0.5) is 0 Å². The van der Waals surface area contributed by atoms with Crippen LogP contribution in [-0.4, -0.2) is 32.9 Å². The smallest absolute Gasteiger partial charge is 0.250 e. The van der Waals surface area contributed by atoms with Gasteiger partial charge in [-0.25, -0.2) is 0 Å². The third kappa shape index (κ3) is 6.57. The fourth-order valence-electron chi connectivity index (χ4n) is 1.90. The first-order valence-electron chi connectivity index (χ1n) is 8.73. The molecule has 0 aliphatic rings. The van der Waals surface area contributed by atoms with Crippen LogP contribution in [0.15, 0.2) is 24.3 Å². The molecule has 0 amide bonds. The largest absolute Gasteiger partial charge is 0.541 e. The number of hydrogen-bond donors (Lipinski definition) is 0. The second-order valence-corrected chi connectivity index (χ2v) is 12.7. The van der Waals surface area contributed by atoms with Gasteiger partial charge in [0.2, 0.25) is 0 Å². The van der Waals surface area contributed by atoms with Crippen molar-refractivity contribution in [1.82, 2.24) is 0 Å². The van der Waals surface area contributed by atoms with Gasteiger partial charge in [-0.1, -0.05) is 32.9 Å². The molecule has 0 saturated carbocycles. The van der Waals surface area contributed by atoms with E-state index < -0.39 is 8.32 Å². The highest BCUT2D eigenvalue weighted by Crippen LogP contribution is 2.40. The Morgan fingerprint density at radius 3 is 2.42 bits per heavy atom. The Morgan fingerprint density at radius 1 is 1.23 bits per heavy atom. The third-order valence-corrected chi connectivity index (χ3v) is 9.05. The van der Waals surface area contributed by atoms with Crippen LogP contribution in [0, 0.1) is 0 Å². The first-order chi connectivity index (χ1) is 12.0. The quantitative estimate of drug-likeness (QED) is 0.335. The van der Waals surface area contributed by atoms with E-state index in [2.05, 4.69) is 33.9 Å². The van der Waals surface area contributed by atoms with Crippen molar-refractivity contribution in [3.8, 4) is 11.5 Å². The predicted octanol–water partition coefficient (Wildman–Crippen LogP) is 5.42. The number of hydrogen-bond acceptors (Lipinski definition) is 5. The van der Waals surface area contributed by atoms with E-state index in [0.29, 0.717) is 17.4 Å². The number of methoxy groups -OCH3 is 1. The van der Waals surface area contributed by atoms with Gasteiger partial charge in [-0.05, 0) is 61.0 Å². The summed E-state index contributed by atoms with van der Waals surface area (Å²) in [6, 6.07) is 5.68. The molecule has 0 atom stereocenters. The molecule has 1 rings (SSSR count). The average molecular weight is 395 g/mol. The lowest BCUT2D eigenvalue weighted by atomic mass is 10.1. The minimum Gasteiger partial charge on any atom is -0.541 e. The van der Waals surface area contributed by atoms with Crippen LogP contribution in [-0.2, 0) is 9.53 Å². The van der Waals surface area contributed by atoms with Gasteiger partial charge in [0.1, 0.15) is 5.75 Å². The average Bonchev–Trinajstić information content (AvgIpc) is 2.52. The predicted molar refractivity (Wildman–Crippen MR) is 114 cm³/mol. The molecule has 26 heavy (non-hydrogen) atoms. The molecule has 0 fully saturated rings. The number of ketones is 1. The highest BCUT2D eigenvalue weighted by atomic mass is 32.1. The van der Waals surface area contributed by atoms with Crippen molar-refractivity contribution in [2.24, 2.45) is 0 Å². The van der Waals surface area contributed by atoms with Crippen LogP contribution in [0.3, 0.4) is 0 Å². The zero-order chi connectivity index (χ0) is 20.0. The minimum absolute atomic E-state index is 0.0935. The summed E-state index contributed by atoms with van der Waals surface area (Å²) < 4.78 is 17.0. The van der Waals surface area contributed by atoms with E-state index in [9.17, 15) is 4.79 Å². The van der Waals surface area contributed by atoms with E-state index in [1.54, 1.807) is 13.2 Å². The molecule has 0 unspecified atom stereocenters. The van der Waals surface area contributed by atoms with Crippen molar-refractivity contribution in [2.75, 3.05) is 13.7 Å². The molecule has 0 aliphatic carbocycles. The Kier molecular flexibility index (Phi) is 8.03. The molecule has 1 aromatic rings. The van der Waals surface area contributed by atoms with E-state index in [-0.39, 0.29) is 17.2 Å². The summed E-state index contributed by atoms with van der Waals surface area (Å²) in [7, 11) is -0.336. The Hall–Kier alpha value is -1.66. The molecular formula is C20H30O4SSi. The lowest BCUT2D eigenvalue weighted by Gasteiger charge is -2.36. The van der Waals surface area contributed by atoms with Gasteiger partial charge < -0.3 is 13.9 Å². The van der Waals surface area contributed by atoms with Crippen LogP contribution >= 0.6 is 12.2 Å². The summed E-state index contributed by atoms with van der Waals surface area (Å²) in [5.41, 5.74) is 0.861. The second-order valence-electron chi connectivity index (χ2n) is 7.55. The summed E-state index contributed by atoms with van der Waals surface area (Å²) in [6.45, 7) is 13.3. The highest BCUT2D eigenvalue weighted by molar-refractivity contribution is 7.80. The summed E-state index contributed by atoms with van der Waals surface area (Å²) in [5.74, 6) is 1.30. The number of rotatable bonds is 8. The summed E-state index contributed by atoms with van der Waals surface area (Å²) in [6.07, 6.45) is 3.37. The van der Waals surface area contributed by atoms with E-state index in [1.165, 1.54) is 6.08 Å². The molecule has 0 saturated heterocycles. The summed E-state index contributed by atoms with van der Waals surface area (Å²) >= 11 is 4.99. The zero-order valence-corrected chi connectivity index (χ0v) is 18.7. The van der Waals surface area contributed by atoms with Crippen molar-refractivity contribution in [3.63, 3.8) is 0 Å². The van der Waals surface area contributed by atoms with Crippen molar-refractivity contribution < 1.29 is 18.7 Å². The fraction of sp³-hybridized carbons (Fsp3) is 0.500. The first kappa shape index (κ1) is 22.4. The Labute approximate surface area is 163 Å². The number of ether oxygens (including phenoxy) is 2. The monoisotopic (exact) mass is 394 g/mol. The number of carbonyl (C=O) groups excluding carboxylic acids is 1. The lowest BCUT2D eigenvalue weighted by molar-refractivity contribution is -0.113. The lowest BCUT2D eigenvalue weighted by Crippen LogP contribution is -2.43. The van der Waals surface area contributed by atoms with Gasteiger partial charge in [0.05, 0.1) is 20.1 Å². The van der Waals surface area contributed by atoms with Gasteiger partial charge in [0.15, 0.2) is 16.6 Å². The van der Waals surface area contributed by atoms with Crippen LogP contribution in [0.2, 0.25) is 18.1 Å². The molecule has 0 radical (unpaired) electrons.